The fourth-order valence-electron chi connectivity index (χ4n) is 3.64. The van der Waals surface area contributed by atoms with E-state index < -0.39 is 11.7 Å². The number of ether oxygens (including phenoxy) is 2. The molecule has 0 N–H and O–H groups in total. The minimum absolute atomic E-state index is 0.362. The Balaban J connectivity index is 2.30. The number of nitrogens with zero attached hydrogens (tertiary/aromatic N) is 2. The van der Waals surface area contributed by atoms with E-state index in [2.05, 4.69) is 0 Å². The van der Waals surface area contributed by atoms with Crippen molar-refractivity contribution in [3.8, 4) is 0 Å². The van der Waals surface area contributed by atoms with E-state index in [1.165, 1.54) is 7.11 Å². The maximum absolute atomic E-state index is 13.1. The van der Waals surface area contributed by atoms with E-state index in [0.717, 1.165) is 35.1 Å². The summed E-state index contributed by atoms with van der Waals surface area (Å²) >= 11 is 0. The van der Waals surface area contributed by atoms with Gasteiger partial charge in [0.2, 0.25) is 0 Å². The van der Waals surface area contributed by atoms with Crippen LogP contribution in [0.25, 0.3) is 16.6 Å². The number of methoxy groups -OCH3 is 1. The van der Waals surface area contributed by atoms with Crippen LogP contribution in [-0.4, -0.2) is 47.8 Å². The van der Waals surface area contributed by atoms with Gasteiger partial charge in [-0.1, -0.05) is 11.6 Å². The molecule has 0 spiro atoms. The number of hydrogen-bond acceptors (Lipinski definition) is 5. The Morgan fingerprint density at radius 3 is 2.50 bits per heavy atom. The molecule has 0 bridgehead atoms. The second-order valence-electron chi connectivity index (χ2n) is 8.25. The Morgan fingerprint density at radius 1 is 1.14 bits per heavy atom. The summed E-state index contributed by atoms with van der Waals surface area (Å²) in [6.07, 6.45) is 1.01. The highest BCUT2D eigenvalue weighted by Gasteiger charge is 2.30. The van der Waals surface area contributed by atoms with Crippen molar-refractivity contribution in [1.82, 2.24) is 9.47 Å². The van der Waals surface area contributed by atoms with Crippen LogP contribution in [0.15, 0.2) is 29.8 Å². The third-order valence-electron chi connectivity index (χ3n) is 4.80. The molecular weight excluding hydrogens is 356 g/mol. The van der Waals surface area contributed by atoms with Gasteiger partial charge in [-0.3, -0.25) is 0 Å². The molecule has 0 saturated carbocycles. The van der Waals surface area contributed by atoms with Crippen molar-refractivity contribution >= 4 is 28.7 Å². The van der Waals surface area contributed by atoms with Gasteiger partial charge in [0.15, 0.2) is 0 Å². The summed E-state index contributed by atoms with van der Waals surface area (Å²) in [5, 5.41) is 0.927. The van der Waals surface area contributed by atoms with Gasteiger partial charge in [0.05, 0.1) is 29.6 Å². The van der Waals surface area contributed by atoms with Crippen molar-refractivity contribution in [3.63, 3.8) is 0 Å². The number of fused-ring (bicyclic) bond motifs is 1. The summed E-state index contributed by atoms with van der Waals surface area (Å²) in [4.78, 5) is 27.6. The summed E-state index contributed by atoms with van der Waals surface area (Å²) in [6.45, 7) is 8.32. The predicted molar refractivity (Wildman–Crippen MR) is 109 cm³/mol. The van der Waals surface area contributed by atoms with E-state index in [-0.39, 0.29) is 5.97 Å². The number of benzene rings is 1. The molecule has 0 fully saturated rings. The summed E-state index contributed by atoms with van der Waals surface area (Å²) in [5.41, 5.74) is 3.18. The molecule has 1 aromatic heterocycles. The molecule has 2 heterocycles. The molecule has 0 radical (unpaired) electrons. The zero-order valence-corrected chi connectivity index (χ0v) is 17.5. The second kappa shape index (κ2) is 7.34. The van der Waals surface area contributed by atoms with Gasteiger partial charge in [0.1, 0.15) is 5.60 Å². The van der Waals surface area contributed by atoms with Gasteiger partial charge >= 0.3 is 12.1 Å². The van der Waals surface area contributed by atoms with Gasteiger partial charge in [-0.15, -0.1) is 0 Å². The highest BCUT2D eigenvalue weighted by Crippen LogP contribution is 2.34. The van der Waals surface area contributed by atoms with E-state index in [1.54, 1.807) is 4.57 Å². The molecule has 3 rings (SSSR count). The molecule has 0 saturated heterocycles. The van der Waals surface area contributed by atoms with Crippen molar-refractivity contribution in [2.45, 2.75) is 46.1 Å². The van der Waals surface area contributed by atoms with Gasteiger partial charge < -0.3 is 14.4 Å². The topological polar surface area (TPSA) is 60.8 Å². The molecule has 150 valence electrons. The van der Waals surface area contributed by atoms with Crippen LogP contribution in [0, 0.1) is 6.92 Å². The lowest BCUT2D eigenvalue weighted by molar-refractivity contribution is -0.136. The first-order chi connectivity index (χ1) is 13.1. The van der Waals surface area contributed by atoms with Crippen molar-refractivity contribution in [1.29, 1.82) is 0 Å². The quantitative estimate of drug-likeness (QED) is 0.721. The van der Waals surface area contributed by atoms with Crippen molar-refractivity contribution < 1.29 is 19.1 Å². The molecule has 6 heteroatoms. The van der Waals surface area contributed by atoms with Crippen LogP contribution < -0.4 is 0 Å². The number of carbonyl (C=O) groups excluding carboxylic acids is 2. The number of hydrogen-bond donors (Lipinski definition) is 0. The average Bonchev–Trinajstić information content (AvgIpc) is 2.97. The molecule has 28 heavy (non-hydrogen) atoms. The van der Waals surface area contributed by atoms with Crippen LogP contribution in [0.4, 0.5) is 4.79 Å². The van der Waals surface area contributed by atoms with E-state index in [9.17, 15) is 9.59 Å². The van der Waals surface area contributed by atoms with E-state index >= 15 is 0 Å². The van der Waals surface area contributed by atoms with Crippen LogP contribution in [0.2, 0.25) is 0 Å². The number of aromatic nitrogens is 1. The number of esters is 1. The molecule has 1 aliphatic rings. The number of aryl methyl sites for hydroxylation is 1. The first-order valence-corrected chi connectivity index (χ1v) is 9.51. The van der Waals surface area contributed by atoms with Crippen LogP contribution in [-0.2, 0) is 14.3 Å². The van der Waals surface area contributed by atoms with Crippen molar-refractivity contribution in [2.75, 3.05) is 20.7 Å². The maximum Gasteiger partial charge on any atom is 0.419 e. The zero-order valence-electron chi connectivity index (χ0n) is 17.5. The highest BCUT2D eigenvalue weighted by atomic mass is 16.6. The minimum atomic E-state index is -0.631. The van der Waals surface area contributed by atoms with Crippen LogP contribution in [0.5, 0.6) is 0 Å². The largest absolute Gasteiger partial charge is 0.466 e. The van der Waals surface area contributed by atoms with E-state index in [4.69, 9.17) is 9.47 Å². The molecule has 0 amide bonds. The Morgan fingerprint density at radius 2 is 1.86 bits per heavy atom. The van der Waals surface area contributed by atoms with Crippen LogP contribution in [0.3, 0.4) is 0 Å². The molecule has 0 unspecified atom stereocenters. The fourth-order valence-corrected chi connectivity index (χ4v) is 3.64. The van der Waals surface area contributed by atoms with Gasteiger partial charge in [0, 0.05) is 19.0 Å². The summed E-state index contributed by atoms with van der Waals surface area (Å²) in [6, 6.07) is 7.86. The lowest BCUT2D eigenvalue weighted by atomic mass is 10.0. The number of carbonyl (C=O) groups is 2. The van der Waals surface area contributed by atoms with Crippen LogP contribution in [0.1, 0.15) is 44.9 Å². The molecule has 0 atom stereocenters. The first kappa shape index (κ1) is 20.0. The smallest absolute Gasteiger partial charge is 0.419 e. The van der Waals surface area contributed by atoms with Crippen molar-refractivity contribution in [3.05, 3.63) is 41.1 Å². The zero-order chi connectivity index (χ0) is 20.6. The Labute approximate surface area is 165 Å². The fraction of sp³-hybridized carbons (Fsp3) is 0.455. The molecular formula is C22H28N2O4. The van der Waals surface area contributed by atoms with Gasteiger partial charge in [-0.05, 0) is 58.7 Å². The van der Waals surface area contributed by atoms with Gasteiger partial charge in [-0.2, -0.15) is 0 Å². The first-order valence-electron chi connectivity index (χ1n) is 9.51. The third-order valence-corrected chi connectivity index (χ3v) is 4.80. The highest BCUT2D eigenvalue weighted by molar-refractivity contribution is 6.01. The summed E-state index contributed by atoms with van der Waals surface area (Å²) in [5.74, 6) is -0.362. The average molecular weight is 384 g/mol. The lowest BCUT2D eigenvalue weighted by Crippen LogP contribution is -2.31. The molecule has 2 aromatic rings. The Hall–Kier alpha value is -2.76. The lowest BCUT2D eigenvalue weighted by Gasteiger charge is -2.30. The monoisotopic (exact) mass is 384 g/mol. The molecule has 1 aliphatic heterocycles. The predicted octanol–water partition coefficient (Wildman–Crippen LogP) is 4.34. The van der Waals surface area contributed by atoms with Crippen LogP contribution >= 0.6 is 0 Å². The molecule has 1 aromatic carbocycles. The molecule has 0 aliphatic carbocycles. The standard InChI is InChI=1S/C22H28N2O4/c1-14-9-10-17-15(12-14)13-18(24(17)21(26)28-22(2,3)4)19-16(20(25)27-6)8-7-11-23(19)5/h9-10,12-13H,7-8,11H2,1-6H3. The van der Waals surface area contributed by atoms with E-state index in [1.807, 2.05) is 63.9 Å². The summed E-state index contributed by atoms with van der Waals surface area (Å²) in [7, 11) is 3.31. The number of rotatable bonds is 2. The maximum atomic E-state index is 13.1. The van der Waals surface area contributed by atoms with Crippen molar-refractivity contribution in [2.24, 2.45) is 0 Å². The summed E-state index contributed by atoms with van der Waals surface area (Å²) < 4.78 is 12.3. The van der Waals surface area contributed by atoms with Gasteiger partial charge in [0.25, 0.3) is 0 Å². The van der Waals surface area contributed by atoms with Gasteiger partial charge in [-0.25, -0.2) is 14.2 Å². The van der Waals surface area contributed by atoms with E-state index in [0.29, 0.717) is 17.7 Å². The third kappa shape index (κ3) is 3.77. The minimum Gasteiger partial charge on any atom is -0.466 e. The Bertz CT molecular complexity index is 963. The SMILES string of the molecule is COC(=O)C1=C(c2cc3cc(C)ccc3n2C(=O)OC(C)(C)C)N(C)CCC1. The Kier molecular flexibility index (Phi) is 5.24. The second-order valence-corrected chi connectivity index (χ2v) is 8.25. The normalized spacial score (nSPS) is 15.1. The molecule has 6 nitrogen and oxygen atoms in total.